The van der Waals surface area contributed by atoms with E-state index in [4.69, 9.17) is 0 Å². The molecule has 0 saturated carbocycles. The van der Waals surface area contributed by atoms with E-state index in [-0.39, 0.29) is 36.2 Å². The van der Waals surface area contributed by atoms with Crippen molar-refractivity contribution in [3.8, 4) is 0 Å². The van der Waals surface area contributed by atoms with Gasteiger partial charge in [0.15, 0.2) is 0 Å². The summed E-state index contributed by atoms with van der Waals surface area (Å²) in [5.74, 6) is -0.829. The highest BCUT2D eigenvalue weighted by atomic mass is 16.2. The third-order valence-corrected chi connectivity index (χ3v) is 10.2. The van der Waals surface area contributed by atoms with Crippen LogP contribution in [0.5, 0.6) is 0 Å². The molecule has 0 saturated heterocycles. The predicted octanol–water partition coefficient (Wildman–Crippen LogP) is 8.72. The Kier molecular flexibility index (Phi) is 5.71. The molecule has 47 heavy (non-hydrogen) atoms. The third-order valence-electron chi connectivity index (χ3n) is 10.2. The van der Waals surface area contributed by atoms with Crippen LogP contribution in [-0.4, -0.2) is 39.5 Å². The Morgan fingerprint density at radius 3 is 1.47 bits per heavy atom. The summed E-state index contributed by atoms with van der Waals surface area (Å²) in [5, 5.41) is 8.66. The highest BCUT2D eigenvalue weighted by molar-refractivity contribution is 6.41. The maximum atomic E-state index is 14.1. The number of carbonyl (C=O) groups excluding carboxylic acids is 4. The van der Waals surface area contributed by atoms with Gasteiger partial charge >= 0.3 is 0 Å². The van der Waals surface area contributed by atoms with Gasteiger partial charge in [-0.15, -0.1) is 0 Å². The zero-order chi connectivity index (χ0) is 32.3. The molecule has 2 heterocycles. The summed E-state index contributed by atoms with van der Waals surface area (Å²) < 4.78 is 0. The summed E-state index contributed by atoms with van der Waals surface area (Å²) in [7, 11) is 0. The molecule has 4 amide bonds. The van der Waals surface area contributed by atoms with Crippen LogP contribution >= 0.6 is 0 Å². The average molecular weight is 615 g/mol. The lowest BCUT2D eigenvalue weighted by atomic mass is 9.82. The molecule has 0 N–H and O–H groups in total. The molecule has 228 valence electrons. The Hall–Kier alpha value is -5.62. The summed E-state index contributed by atoms with van der Waals surface area (Å²) in [6.07, 6.45) is 0.725. The number of amides is 4. The van der Waals surface area contributed by atoms with Crippen molar-refractivity contribution < 1.29 is 19.2 Å². The van der Waals surface area contributed by atoms with Gasteiger partial charge in [0.2, 0.25) is 0 Å². The molecule has 9 rings (SSSR count). The van der Waals surface area contributed by atoms with Crippen LogP contribution in [0.25, 0.3) is 53.9 Å². The zero-order valence-corrected chi connectivity index (χ0v) is 26.3. The van der Waals surface area contributed by atoms with E-state index in [1.165, 1.54) is 9.80 Å². The molecular formula is C41H30N2O4. The van der Waals surface area contributed by atoms with E-state index in [0.29, 0.717) is 38.9 Å². The fourth-order valence-corrected chi connectivity index (χ4v) is 8.27. The van der Waals surface area contributed by atoms with Gasteiger partial charge in [-0.3, -0.25) is 29.0 Å². The molecule has 2 aliphatic heterocycles. The Labute approximate surface area is 270 Å². The van der Waals surface area contributed by atoms with Crippen molar-refractivity contribution in [2.24, 2.45) is 5.92 Å². The van der Waals surface area contributed by atoms with Crippen molar-refractivity contribution in [3.05, 3.63) is 119 Å². The SMILES string of the molecule is CC(C)CC(C)N1C(=O)c2ccc3c4ccc5c6c(ccc(c7ccc(c2c37)C1=O)c64)C(=O)N(Cc1cccc2ccccc12)C5=O. The standard InChI is InChI=1S/C41H30N2O4/c1-21(2)19-22(3)43-40(46)32-17-13-28-26-11-15-30-36-31(16-12-27(34(26)36)29-14-18-33(41(43)47)37(32)35(28)29)39(45)42(38(30)44)20-24-9-6-8-23-7-4-5-10-25(23)24/h4-18,21-22H,19-20H2,1-3H3. The third kappa shape index (κ3) is 3.67. The van der Waals surface area contributed by atoms with Crippen molar-refractivity contribution >= 4 is 77.5 Å². The first-order chi connectivity index (χ1) is 22.7. The first-order valence-corrected chi connectivity index (χ1v) is 16.2. The summed E-state index contributed by atoms with van der Waals surface area (Å²) in [6, 6.07) is 28.8. The Balaban J connectivity index is 1.24. The quantitative estimate of drug-likeness (QED) is 0.110. The van der Waals surface area contributed by atoms with Gasteiger partial charge in [-0.2, -0.15) is 0 Å². The van der Waals surface area contributed by atoms with E-state index in [1.54, 1.807) is 0 Å². The summed E-state index contributed by atoms with van der Waals surface area (Å²) in [4.78, 5) is 58.7. The molecule has 1 atom stereocenters. The highest BCUT2D eigenvalue weighted by Crippen LogP contribution is 2.46. The molecule has 6 nitrogen and oxygen atoms in total. The van der Waals surface area contributed by atoms with Crippen molar-refractivity contribution in [3.63, 3.8) is 0 Å². The molecule has 2 aliphatic rings. The van der Waals surface area contributed by atoms with Crippen LogP contribution in [0.2, 0.25) is 0 Å². The molecule has 7 aromatic rings. The van der Waals surface area contributed by atoms with Gasteiger partial charge in [-0.05, 0) is 92.2 Å². The van der Waals surface area contributed by atoms with Crippen LogP contribution in [0.15, 0.2) is 91.0 Å². The fraction of sp³-hybridized carbons (Fsp3) is 0.171. The molecule has 0 aromatic heterocycles. The van der Waals surface area contributed by atoms with E-state index in [1.807, 2.05) is 97.9 Å². The minimum absolute atomic E-state index is 0.173. The van der Waals surface area contributed by atoms with Crippen molar-refractivity contribution in [2.75, 3.05) is 0 Å². The van der Waals surface area contributed by atoms with E-state index in [9.17, 15) is 19.2 Å². The number of fused-ring (bicyclic) bond motifs is 3. The van der Waals surface area contributed by atoms with Gasteiger partial charge < -0.3 is 0 Å². The summed E-state index contributed by atoms with van der Waals surface area (Å²) in [6.45, 7) is 6.29. The topological polar surface area (TPSA) is 74.8 Å². The van der Waals surface area contributed by atoms with Gasteiger partial charge in [-0.1, -0.05) is 80.6 Å². The highest BCUT2D eigenvalue weighted by Gasteiger charge is 2.38. The maximum Gasteiger partial charge on any atom is 0.261 e. The second-order valence-electron chi connectivity index (χ2n) is 13.4. The number of carbonyl (C=O) groups is 4. The molecule has 0 radical (unpaired) electrons. The number of hydrogen-bond donors (Lipinski definition) is 0. The van der Waals surface area contributed by atoms with Crippen LogP contribution in [0.1, 0.15) is 74.2 Å². The average Bonchev–Trinajstić information content (AvgIpc) is 3.07. The normalized spacial score (nSPS) is 15.5. The number of hydrogen-bond acceptors (Lipinski definition) is 4. The molecular weight excluding hydrogens is 584 g/mol. The van der Waals surface area contributed by atoms with Crippen LogP contribution in [0.3, 0.4) is 0 Å². The van der Waals surface area contributed by atoms with E-state index in [0.717, 1.165) is 55.1 Å². The lowest BCUT2D eigenvalue weighted by Gasteiger charge is -2.33. The monoisotopic (exact) mass is 614 g/mol. The van der Waals surface area contributed by atoms with Gasteiger partial charge in [-0.25, -0.2) is 0 Å². The van der Waals surface area contributed by atoms with Crippen molar-refractivity contribution in [1.82, 2.24) is 9.80 Å². The Bertz CT molecular complexity index is 2440. The first kappa shape index (κ1) is 27.7. The van der Waals surface area contributed by atoms with Crippen LogP contribution < -0.4 is 0 Å². The van der Waals surface area contributed by atoms with Crippen LogP contribution in [-0.2, 0) is 6.54 Å². The summed E-state index contributed by atoms with van der Waals surface area (Å²) in [5.41, 5.74) is 2.96. The van der Waals surface area contributed by atoms with E-state index in [2.05, 4.69) is 13.8 Å². The Morgan fingerprint density at radius 1 is 0.489 bits per heavy atom. The molecule has 0 aliphatic carbocycles. The number of imide groups is 2. The predicted molar refractivity (Wildman–Crippen MR) is 185 cm³/mol. The van der Waals surface area contributed by atoms with Gasteiger partial charge in [0, 0.05) is 39.1 Å². The maximum absolute atomic E-state index is 14.1. The minimum Gasteiger partial charge on any atom is -0.272 e. The summed E-state index contributed by atoms with van der Waals surface area (Å²) >= 11 is 0. The van der Waals surface area contributed by atoms with E-state index < -0.39 is 0 Å². The lowest BCUT2D eigenvalue weighted by molar-refractivity contribution is 0.0532. The van der Waals surface area contributed by atoms with Gasteiger partial charge in [0.25, 0.3) is 23.6 Å². The molecule has 6 heteroatoms. The Morgan fingerprint density at radius 2 is 0.957 bits per heavy atom. The first-order valence-electron chi connectivity index (χ1n) is 16.2. The molecule has 7 aromatic carbocycles. The number of rotatable bonds is 5. The molecule has 1 unspecified atom stereocenters. The number of nitrogens with zero attached hydrogens (tertiary/aromatic N) is 2. The van der Waals surface area contributed by atoms with Crippen LogP contribution in [0.4, 0.5) is 0 Å². The van der Waals surface area contributed by atoms with Gasteiger partial charge in [0.05, 0.1) is 6.54 Å². The smallest absolute Gasteiger partial charge is 0.261 e. The zero-order valence-electron chi connectivity index (χ0n) is 26.3. The molecule has 0 fully saturated rings. The van der Waals surface area contributed by atoms with E-state index >= 15 is 0 Å². The van der Waals surface area contributed by atoms with Crippen molar-refractivity contribution in [1.29, 1.82) is 0 Å². The largest absolute Gasteiger partial charge is 0.272 e. The lowest BCUT2D eigenvalue weighted by Crippen LogP contribution is -2.46. The molecule has 0 bridgehead atoms. The van der Waals surface area contributed by atoms with Crippen LogP contribution in [0, 0.1) is 5.92 Å². The minimum atomic E-state index is -0.318. The van der Waals surface area contributed by atoms with Gasteiger partial charge in [0.1, 0.15) is 0 Å². The molecule has 0 spiro atoms. The second-order valence-corrected chi connectivity index (χ2v) is 13.4. The number of benzene rings is 7. The second kappa shape index (κ2) is 9.69. The fourth-order valence-electron chi connectivity index (χ4n) is 8.27. The van der Waals surface area contributed by atoms with Crippen molar-refractivity contribution in [2.45, 2.75) is 39.8 Å².